The van der Waals surface area contributed by atoms with Crippen molar-refractivity contribution in [3.63, 3.8) is 0 Å². The summed E-state index contributed by atoms with van der Waals surface area (Å²) in [6, 6.07) is 11.2. The van der Waals surface area contributed by atoms with Crippen LogP contribution in [0.2, 0.25) is 0 Å². The molecular weight excluding hydrogens is 348 g/mol. The molecule has 0 aliphatic heterocycles. The van der Waals surface area contributed by atoms with E-state index in [1.165, 1.54) is 30.0 Å². The average Bonchev–Trinajstić information content (AvgIpc) is 2.58. The average molecular weight is 375 g/mol. The Morgan fingerprint density at radius 1 is 1.04 bits per heavy atom. The van der Waals surface area contributed by atoms with E-state index in [0.29, 0.717) is 18.5 Å². The second-order valence-corrected chi connectivity index (χ2v) is 8.89. The van der Waals surface area contributed by atoms with Crippen molar-refractivity contribution in [3.05, 3.63) is 58.7 Å². The number of sulfonamides is 1. The highest BCUT2D eigenvalue weighted by Gasteiger charge is 2.20. The Bertz CT molecular complexity index is 901. The molecule has 140 valence electrons. The Morgan fingerprint density at radius 2 is 1.65 bits per heavy atom. The highest BCUT2D eigenvalue weighted by atomic mass is 32.2. The Labute approximate surface area is 156 Å². The first-order valence-electron chi connectivity index (χ1n) is 8.50. The molecular formula is C20H26N2O3S. The lowest BCUT2D eigenvalue weighted by molar-refractivity contribution is -0.116. The van der Waals surface area contributed by atoms with Crippen molar-refractivity contribution < 1.29 is 13.2 Å². The maximum atomic E-state index is 12.4. The first-order chi connectivity index (χ1) is 12.1. The van der Waals surface area contributed by atoms with Crippen molar-refractivity contribution in [3.8, 4) is 0 Å². The highest BCUT2D eigenvalue weighted by molar-refractivity contribution is 7.89. The lowest BCUT2D eigenvalue weighted by Crippen LogP contribution is -2.23. The van der Waals surface area contributed by atoms with Crippen LogP contribution in [0.25, 0.3) is 0 Å². The maximum absolute atomic E-state index is 12.4. The van der Waals surface area contributed by atoms with Crippen LogP contribution in [0.1, 0.15) is 28.7 Å². The minimum Gasteiger partial charge on any atom is -0.326 e. The fourth-order valence-corrected chi connectivity index (χ4v) is 3.56. The summed E-state index contributed by atoms with van der Waals surface area (Å²) >= 11 is 0. The van der Waals surface area contributed by atoms with Crippen molar-refractivity contribution in [2.45, 2.75) is 38.5 Å². The van der Waals surface area contributed by atoms with Gasteiger partial charge in [-0.2, -0.15) is 0 Å². The molecule has 0 unspecified atom stereocenters. The van der Waals surface area contributed by atoms with Crippen LogP contribution in [-0.2, 0) is 21.2 Å². The van der Waals surface area contributed by atoms with E-state index in [1.807, 2.05) is 45.0 Å². The number of carbonyl (C=O) groups is 1. The van der Waals surface area contributed by atoms with E-state index in [9.17, 15) is 13.2 Å². The molecule has 5 nitrogen and oxygen atoms in total. The van der Waals surface area contributed by atoms with Crippen LogP contribution in [0.3, 0.4) is 0 Å². The Kier molecular flexibility index (Phi) is 6.21. The second-order valence-electron chi connectivity index (χ2n) is 6.73. The molecule has 0 radical (unpaired) electrons. The predicted molar refractivity (Wildman–Crippen MR) is 105 cm³/mol. The van der Waals surface area contributed by atoms with E-state index in [0.717, 1.165) is 16.7 Å². The van der Waals surface area contributed by atoms with Gasteiger partial charge in [0.15, 0.2) is 0 Å². The minimum absolute atomic E-state index is 0.132. The second kappa shape index (κ2) is 8.01. The Balaban J connectivity index is 2.16. The lowest BCUT2D eigenvalue weighted by atomic mass is 10.1. The molecule has 0 saturated heterocycles. The standard InChI is InChI=1S/C20H26N2O3S/c1-14-6-8-17(9-7-14)10-11-20(23)21-19-13-18(12-15(2)16(19)3)26(24,25)22(4)5/h6-9,12-13H,10-11H2,1-5H3,(H,21,23). The molecule has 0 fully saturated rings. The topological polar surface area (TPSA) is 66.5 Å². The molecule has 0 heterocycles. The van der Waals surface area contributed by atoms with Gasteiger partial charge in [-0.05, 0) is 56.0 Å². The molecule has 26 heavy (non-hydrogen) atoms. The van der Waals surface area contributed by atoms with Gasteiger partial charge in [0.05, 0.1) is 4.90 Å². The largest absolute Gasteiger partial charge is 0.326 e. The molecule has 2 rings (SSSR count). The molecule has 0 aliphatic rings. The van der Waals surface area contributed by atoms with Crippen LogP contribution in [0, 0.1) is 20.8 Å². The van der Waals surface area contributed by atoms with E-state index in [1.54, 1.807) is 6.07 Å². The number of aryl methyl sites for hydroxylation is 3. The summed E-state index contributed by atoms with van der Waals surface area (Å²) in [4.78, 5) is 12.5. The first kappa shape index (κ1) is 20.1. The molecule has 0 spiro atoms. The maximum Gasteiger partial charge on any atom is 0.242 e. The van der Waals surface area contributed by atoms with Crippen molar-refractivity contribution in [2.75, 3.05) is 19.4 Å². The summed E-state index contributed by atoms with van der Waals surface area (Å²) in [6.07, 6.45) is 0.978. The summed E-state index contributed by atoms with van der Waals surface area (Å²) in [7, 11) is -0.571. The molecule has 2 aromatic rings. The molecule has 1 amide bonds. The molecule has 6 heteroatoms. The van der Waals surface area contributed by atoms with Gasteiger partial charge in [-0.1, -0.05) is 29.8 Å². The third kappa shape index (κ3) is 4.71. The zero-order valence-electron chi connectivity index (χ0n) is 16.0. The van der Waals surface area contributed by atoms with Crippen LogP contribution >= 0.6 is 0 Å². The lowest BCUT2D eigenvalue weighted by Gasteiger charge is -2.16. The predicted octanol–water partition coefficient (Wildman–Crippen LogP) is 3.43. The normalized spacial score (nSPS) is 11.6. The SMILES string of the molecule is Cc1ccc(CCC(=O)Nc2cc(S(=O)(=O)N(C)C)cc(C)c2C)cc1. The van der Waals surface area contributed by atoms with Crippen LogP contribution < -0.4 is 5.32 Å². The summed E-state index contributed by atoms with van der Waals surface area (Å²) in [5, 5.41) is 2.86. The number of hydrogen-bond donors (Lipinski definition) is 1. The van der Waals surface area contributed by atoms with E-state index < -0.39 is 10.0 Å². The monoisotopic (exact) mass is 374 g/mol. The molecule has 0 bridgehead atoms. The summed E-state index contributed by atoms with van der Waals surface area (Å²) in [5.74, 6) is -0.132. The third-order valence-electron chi connectivity index (χ3n) is 4.45. The van der Waals surface area contributed by atoms with Gasteiger partial charge in [-0.25, -0.2) is 12.7 Å². The Morgan fingerprint density at radius 3 is 2.23 bits per heavy atom. The number of carbonyl (C=O) groups excluding carboxylic acids is 1. The van der Waals surface area contributed by atoms with Crippen molar-refractivity contribution in [1.82, 2.24) is 4.31 Å². The fourth-order valence-electron chi connectivity index (χ4n) is 2.54. The molecule has 0 aliphatic carbocycles. The number of nitrogens with one attached hydrogen (secondary N) is 1. The van der Waals surface area contributed by atoms with Gasteiger partial charge in [-0.3, -0.25) is 4.79 Å². The quantitative estimate of drug-likeness (QED) is 0.842. The van der Waals surface area contributed by atoms with E-state index in [-0.39, 0.29) is 10.8 Å². The van der Waals surface area contributed by atoms with Crippen LogP contribution in [-0.4, -0.2) is 32.7 Å². The number of nitrogens with zero attached hydrogens (tertiary/aromatic N) is 1. The van der Waals surface area contributed by atoms with E-state index in [2.05, 4.69) is 5.32 Å². The number of hydrogen-bond acceptors (Lipinski definition) is 3. The van der Waals surface area contributed by atoms with Crippen LogP contribution in [0.15, 0.2) is 41.3 Å². The van der Waals surface area contributed by atoms with E-state index >= 15 is 0 Å². The Hall–Kier alpha value is -2.18. The van der Waals surface area contributed by atoms with Crippen molar-refractivity contribution in [2.24, 2.45) is 0 Å². The zero-order chi connectivity index (χ0) is 19.5. The number of benzene rings is 2. The summed E-state index contributed by atoms with van der Waals surface area (Å²) in [6.45, 7) is 5.74. The molecule has 0 saturated carbocycles. The van der Waals surface area contributed by atoms with Crippen LogP contribution in [0.4, 0.5) is 5.69 Å². The molecule has 1 N–H and O–H groups in total. The molecule has 0 atom stereocenters. The number of anilines is 1. The highest BCUT2D eigenvalue weighted by Crippen LogP contribution is 2.25. The first-order valence-corrected chi connectivity index (χ1v) is 9.94. The van der Waals surface area contributed by atoms with Crippen molar-refractivity contribution in [1.29, 1.82) is 0 Å². The van der Waals surface area contributed by atoms with E-state index in [4.69, 9.17) is 0 Å². The van der Waals surface area contributed by atoms with Gasteiger partial charge in [0.25, 0.3) is 0 Å². The van der Waals surface area contributed by atoms with Gasteiger partial charge < -0.3 is 5.32 Å². The smallest absolute Gasteiger partial charge is 0.242 e. The van der Waals surface area contributed by atoms with Gasteiger partial charge in [-0.15, -0.1) is 0 Å². The van der Waals surface area contributed by atoms with Gasteiger partial charge >= 0.3 is 0 Å². The summed E-state index contributed by atoms with van der Waals surface area (Å²) in [5.41, 5.74) is 4.51. The third-order valence-corrected chi connectivity index (χ3v) is 6.25. The fraction of sp³-hybridized carbons (Fsp3) is 0.350. The molecule has 0 aromatic heterocycles. The van der Waals surface area contributed by atoms with Crippen molar-refractivity contribution >= 4 is 21.6 Å². The number of rotatable bonds is 6. The minimum atomic E-state index is -3.55. The van der Waals surface area contributed by atoms with Crippen LogP contribution in [0.5, 0.6) is 0 Å². The molecule has 2 aromatic carbocycles. The zero-order valence-corrected chi connectivity index (χ0v) is 16.8. The van der Waals surface area contributed by atoms with Gasteiger partial charge in [0, 0.05) is 26.2 Å². The number of amides is 1. The van der Waals surface area contributed by atoms with Gasteiger partial charge in [0.1, 0.15) is 0 Å². The summed E-state index contributed by atoms with van der Waals surface area (Å²) < 4.78 is 25.9. The van der Waals surface area contributed by atoms with Gasteiger partial charge in [0.2, 0.25) is 15.9 Å².